The second kappa shape index (κ2) is 4.37. The molecule has 0 aromatic heterocycles. The zero-order valence-corrected chi connectivity index (χ0v) is 4.89. The van der Waals surface area contributed by atoms with Crippen molar-refractivity contribution < 1.29 is 9.53 Å². The highest BCUT2D eigenvalue weighted by molar-refractivity contribution is 5.65. The largest absolute Gasteiger partial charge is 0.466 e. The summed E-state index contributed by atoms with van der Waals surface area (Å²) in [5.41, 5.74) is 0. The average Bonchev–Trinajstić information content (AvgIpc) is 1.66. The Kier molecular flexibility index (Phi) is 3.94. The van der Waals surface area contributed by atoms with Crippen LogP contribution in [0.15, 0.2) is 6.08 Å². The molecule has 0 aromatic carbocycles. The van der Waals surface area contributed by atoms with Crippen LogP contribution in [0.5, 0.6) is 0 Å². The van der Waals surface area contributed by atoms with Crippen molar-refractivity contribution in [2.75, 3.05) is 6.61 Å². The zero-order valence-electron chi connectivity index (χ0n) is 4.89. The highest BCUT2D eigenvalue weighted by Gasteiger charge is 1.86. The van der Waals surface area contributed by atoms with E-state index in [0.29, 0.717) is 13.0 Å². The molecule has 0 fully saturated rings. The fourth-order valence-electron chi connectivity index (χ4n) is 0.271. The molecule has 45 valence electrons. The topological polar surface area (TPSA) is 26.3 Å². The number of hydrogen-bond donors (Lipinski definition) is 0. The molecule has 8 heavy (non-hydrogen) atoms. The Bertz CT molecular complexity index is 86.5. The first-order chi connectivity index (χ1) is 3.77. The summed E-state index contributed by atoms with van der Waals surface area (Å²) in [6.45, 7) is 6.76. The molecule has 0 aliphatic rings. The van der Waals surface area contributed by atoms with E-state index >= 15 is 0 Å². The average molecular weight is 113 g/mol. The number of rotatable bonds is 3. The number of carbonyl (C=O) groups is 1. The third-order valence-electron chi connectivity index (χ3n) is 0.590. The van der Waals surface area contributed by atoms with Crippen LogP contribution in [-0.4, -0.2) is 12.6 Å². The van der Waals surface area contributed by atoms with Gasteiger partial charge in [0.25, 0.3) is 0 Å². The second-order valence-corrected chi connectivity index (χ2v) is 1.36. The first kappa shape index (κ1) is 7.21. The third-order valence-corrected chi connectivity index (χ3v) is 0.590. The molecule has 2 nitrogen and oxygen atoms in total. The molecule has 0 aliphatic carbocycles. The molecule has 0 amide bonds. The molecule has 0 aliphatic heterocycles. The van der Waals surface area contributed by atoms with Crippen molar-refractivity contribution in [3.05, 3.63) is 12.7 Å². The predicted octanol–water partition coefficient (Wildman–Crippen LogP) is 0.929. The quantitative estimate of drug-likeness (QED) is 0.402. The monoisotopic (exact) mass is 113 g/mol. The Labute approximate surface area is 49.1 Å². The summed E-state index contributed by atoms with van der Waals surface area (Å²) in [5, 5.41) is 0. The van der Waals surface area contributed by atoms with Crippen molar-refractivity contribution in [3.63, 3.8) is 0 Å². The lowest BCUT2D eigenvalue weighted by Crippen LogP contribution is -1.98. The Morgan fingerprint density at radius 2 is 2.50 bits per heavy atom. The molecule has 0 aromatic rings. The minimum atomic E-state index is -0.258. The van der Waals surface area contributed by atoms with Gasteiger partial charge in [0.1, 0.15) is 0 Å². The van der Waals surface area contributed by atoms with Crippen LogP contribution in [0.25, 0.3) is 0 Å². The summed E-state index contributed by atoms with van der Waals surface area (Å²) in [4.78, 5) is 10.0. The van der Waals surface area contributed by atoms with Gasteiger partial charge in [-0.15, -0.1) is 0 Å². The lowest BCUT2D eigenvalue weighted by molar-refractivity contribution is -0.140. The molecule has 0 heterocycles. The van der Waals surface area contributed by atoms with Gasteiger partial charge in [-0.3, -0.25) is 4.79 Å². The Morgan fingerprint density at radius 1 is 1.88 bits per heavy atom. The van der Waals surface area contributed by atoms with Crippen molar-refractivity contribution in [2.45, 2.75) is 13.3 Å². The highest BCUT2D eigenvalue weighted by atomic mass is 16.5. The van der Waals surface area contributed by atoms with Gasteiger partial charge in [0.2, 0.25) is 0 Å². The van der Waals surface area contributed by atoms with E-state index in [1.54, 1.807) is 0 Å². The molecule has 1 radical (unpaired) electrons. The van der Waals surface area contributed by atoms with Crippen molar-refractivity contribution >= 4 is 5.97 Å². The van der Waals surface area contributed by atoms with E-state index in [1.165, 1.54) is 13.0 Å². The SMILES string of the molecule is [CH]=CCCOC(C)=O. The van der Waals surface area contributed by atoms with Crippen LogP contribution in [0.2, 0.25) is 0 Å². The maximum Gasteiger partial charge on any atom is 0.302 e. The van der Waals surface area contributed by atoms with Gasteiger partial charge in [0.15, 0.2) is 0 Å². The maximum absolute atomic E-state index is 10.0. The summed E-state index contributed by atoms with van der Waals surface area (Å²) < 4.78 is 4.53. The Morgan fingerprint density at radius 3 is 2.88 bits per heavy atom. The van der Waals surface area contributed by atoms with Gasteiger partial charge >= 0.3 is 5.97 Å². The normalized spacial score (nSPS) is 8.12. The molecular weight excluding hydrogens is 104 g/mol. The van der Waals surface area contributed by atoms with E-state index in [1.807, 2.05) is 0 Å². The van der Waals surface area contributed by atoms with Crippen LogP contribution >= 0.6 is 0 Å². The van der Waals surface area contributed by atoms with Crippen LogP contribution in [-0.2, 0) is 9.53 Å². The minimum absolute atomic E-state index is 0.258. The van der Waals surface area contributed by atoms with Gasteiger partial charge in [-0.2, -0.15) is 0 Å². The summed E-state index contributed by atoms with van der Waals surface area (Å²) in [6.07, 6.45) is 2.09. The van der Waals surface area contributed by atoms with Gasteiger partial charge in [0.05, 0.1) is 6.61 Å². The van der Waals surface area contributed by atoms with E-state index in [9.17, 15) is 4.79 Å². The predicted molar refractivity (Wildman–Crippen MR) is 30.1 cm³/mol. The molecule has 0 spiro atoms. The lowest BCUT2D eigenvalue weighted by Gasteiger charge is -1.94. The number of esters is 1. The highest BCUT2D eigenvalue weighted by Crippen LogP contribution is 1.81. The van der Waals surface area contributed by atoms with Crippen LogP contribution < -0.4 is 0 Å². The van der Waals surface area contributed by atoms with E-state index in [2.05, 4.69) is 4.74 Å². The van der Waals surface area contributed by atoms with Crippen LogP contribution in [0.4, 0.5) is 0 Å². The molecule has 0 rings (SSSR count). The number of carbonyl (C=O) groups excluding carboxylic acids is 1. The van der Waals surface area contributed by atoms with Gasteiger partial charge in [-0.25, -0.2) is 0 Å². The van der Waals surface area contributed by atoms with E-state index < -0.39 is 0 Å². The first-order valence-electron chi connectivity index (χ1n) is 2.44. The smallest absolute Gasteiger partial charge is 0.302 e. The van der Waals surface area contributed by atoms with E-state index in [0.717, 1.165) is 0 Å². The molecule has 0 saturated carbocycles. The van der Waals surface area contributed by atoms with Gasteiger partial charge < -0.3 is 4.74 Å². The Hall–Kier alpha value is -0.790. The van der Waals surface area contributed by atoms with Crippen LogP contribution in [0, 0.1) is 6.58 Å². The maximum atomic E-state index is 10.0. The summed E-state index contributed by atoms with van der Waals surface area (Å²) in [5.74, 6) is -0.258. The van der Waals surface area contributed by atoms with Crippen molar-refractivity contribution in [3.8, 4) is 0 Å². The zero-order chi connectivity index (χ0) is 6.41. The van der Waals surface area contributed by atoms with Crippen LogP contribution in [0.3, 0.4) is 0 Å². The fourth-order valence-corrected chi connectivity index (χ4v) is 0.271. The summed E-state index contributed by atoms with van der Waals surface area (Å²) in [7, 11) is 0. The first-order valence-corrected chi connectivity index (χ1v) is 2.44. The molecule has 0 N–H and O–H groups in total. The van der Waals surface area contributed by atoms with Gasteiger partial charge in [-0.1, -0.05) is 12.7 Å². The number of hydrogen-bond acceptors (Lipinski definition) is 2. The minimum Gasteiger partial charge on any atom is -0.466 e. The standard InChI is InChI=1S/C6H9O2/c1-3-4-5-8-6(2)7/h1,3H,4-5H2,2H3. The molecular formula is C6H9O2. The van der Waals surface area contributed by atoms with E-state index in [-0.39, 0.29) is 5.97 Å². The second-order valence-electron chi connectivity index (χ2n) is 1.36. The van der Waals surface area contributed by atoms with Crippen LogP contribution in [0.1, 0.15) is 13.3 Å². The molecule has 0 bridgehead atoms. The van der Waals surface area contributed by atoms with E-state index in [4.69, 9.17) is 6.58 Å². The molecule has 0 unspecified atom stereocenters. The lowest BCUT2D eigenvalue weighted by atomic mass is 10.5. The summed E-state index contributed by atoms with van der Waals surface area (Å²) >= 11 is 0. The Balaban J connectivity index is 2.93. The van der Waals surface area contributed by atoms with Crippen molar-refractivity contribution in [2.24, 2.45) is 0 Å². The molecule has 0 atom stereocenters. The summed E-state index contributed by atoms with van der Waals surface area (Å²) in [6, 6.07) is 0. The number of ether oxygens (including phenoxy) is 1. The van der Waals surface area contributed by atoms with Crippen molar-refractivity contribution in [1.82, 2.24) is 0 Å². The third kappa shape index (κ3) is 5.21. The molecule has 0 saturated heterocycles. The van der Waals surface area contributed by atoms with Gasteiger partial charge in [0, 0.05) is 6.92 Å². The molecule has 2 heteroatoms. The van der Waals surface area contributed by atoms with Crippen molar-refractivity contribution in [1.29, 1.82) is 0 Å². The van der Waals surface area contributed by atoms with Gasteiger partial charge in [-0.05, 0) is 6.42 Å². The fraction of sp³-hybridized carbons (Fsp3) is 0.500.